The molecule has 2 aromatic rings. The summed E-state index contributed by atoms with van der Waals surface area (Å²) in [6.07, 6.45) is 4.45. The van der Waals surface area contributed by atoms with Gasteiger partial charge in [-0.3, -0.25) is 14.6 Å². The highest BCUT2D eigenvalue weighted by Gasteiger charge is 2.24. The van der Waals surface area contributed by atoms with E-state index in [1.54, 1.807) is 9.80 Å². The van der Waals surface area contributed by atoms with Gasteiger partial charge in [0.1, 0.15) is 12.2 Å². The summed E-state index contributed by atoms with van der Waals surface area (Å²) in [5.74, 6) is -0.331. The largest absolute Gasteiger partial charge is 0.339 e. The standard InChI is InChI=1S/C20H25N5O2/c1-15-3-4-17(11-16(15)2)13-25(20(27)18-12-22-5-6-23-18)14-19(26)24-9-7-21-8-10-24/h3-6,11-12,21H,7-10,13-14H2,1-2H3. The molecule has 2 heterocycles. The number of nitrogens with zero attached hydrogens (tertiary/aromatic N) is 4. The number of rotatable bonds is 5. The molecule has 0 atom stereocenters. The van der Waals surface area contributed by atoms with Crippen LogP contribution in [0.3, 0.4) is 0 Å². The van der Waals surface area contributed by atoms with Gasteiger partial charge < -0.3 is 15.1 Å². The number of hydrogen-bond acceptors (Lipinski definition) is 5. The molecule has 3 rings (SSSR count). The van der Waals surface area contributed by atoms with E-state index in [0.717, 1.165) is 24.2 Å². The number of benzene rings is 1. The summed E-state index contributed by atoms with van der Waals surface area (Å²) < 4.78 is 0. The molecule has 1 aliphatic rings. The fourth-order valence-corrected chi connectivity index (χ4v) is 3.07. The van der Waals surface area contributed by atoms with Crippen LogP contribution in [0.2, 0.25) is 0 Å². The Labute approximate surface area is 159 Å². The Balaban J connectivity index is 1.80. The second kappa shape index (κ2) is 8.73. The van der Waals surface area contributed by atoms with Gasteiger partial charge in [0.15, 0.2) is 0 Å². The third-order valence-electron chi connectivity index (χ3n) is 4.81. The van der Waals surface area contributed by atoms with Crippen molar-refractivity contribution in [2.24, 2.45) is 0 Å². The molecule has 0 bridgehead atoms. The monoisotopic (exact) mass is 367 g/mol. The van der Waals surface area contributed by atoms with Crippen LogP contribution in [-0.4, -0.2) is 64.3 Å². The average molecular weight is 367 g/mol. The van der Waals surface area contributed by atoms with Gasteiger partial charge in [-0.1, -0.05) is 18.2 Å². The lowest BCUT2D eigenvalue weighted by Crippen LogP contribution is -2.50. The maximum absolute atomic E-state index is 13.0. The molecule has 0 radical (unpaired) electrons. The minimum atomic E-state index is -0.287. The first-order valence-electron chi connectivity index (χ1n) is 9.14. The van der Waals surface area contributed by atoms with E-state index in [9.17, 15) is 9.59 Å². The van der Waals surface area contributed by atoms with Crippen molar-refractivity contribution in [2.75, 3.05) is 32.7 Å². The summed E-state index contributed by atoms with van der Waals surface area (Å²) in [4.78, 5) is 37.1. The number of piperazine rings is 1. The van der Waals surface area contributed by atoms with Crippen LogP contribution in [0.25, 0.3) is 0 Å². The molecule has 2 amide bonds. The Bertz CT molecular complexity index is 803. The zero-order valence-corrected chi connectivity index (χ0v) is 15.8. The first-order chi connectivity index (χ1) is 13.0. The van der Waals surface area contributed by atoms with E-state index < -0.39 is 0 Å². The molecule has 1 aromatic carbocycles. The Hall–Kier alpha value is -2.80. The maximum Gasteiger partial charge on any atom is 0.274 e. The first kappa shape index (κ1) is 19.0. The number of nitrogens with one attached hydrogen (secondary N) is 1. The first-order valence-corrected chi connectivity index (χ1v) is 9.14. The predicted octanol–water partition coefficient (Wildman–Crippen LogP) is 1.17. The van der Waals surface area contributed by atoms with Crippen LogP contribution in [0.1, 0.15) is 27.2 Å². The van der Waals surface area contributed by atoms with Gasteiger partial charge in [-0.15, -0.1) is 0 Å². The van der Waals surface area contributed by atoms with E-state index in [-0.39, 0.29) is 24.1 Å². The van der Waals surface area contributed by atoms with Gasteiger partial charge in [-0.05, 0) is 30.5 Å². The number of carbonyl (C=O) groups is 2. The maximum atomic E-state index is 13.0. The van der Waals surface area contributed by atoms with Crippen LogP contribution >= 0.6 is 0 Å². The molecule has 7 nitrogen and oxygen atoms in total. The molecule has 0 aliphatic carbocycles. The molecular formula is C20H25N5O2. The van der Waals surface area contributed by atoms with Gasteiger partial charge >= 0.3 is 0 Å². The second-order valence-corrected chi connectivity index (χ2v) is 6.80. The van der Waals surface area contributed by atoms with Gasteiger partial charge in [-0.2, -0.15) is 0 Å². The zero-order chi connectivity index (χ0) is 19.2. The van der Waals surface area contributed by atoms with Crippen LogP contribution < -0.4 is 5.32 Å². The van der Waals surface area contributed by atoms with Crippen molar-refractivity contribution in [2.45, 2.75) is 20.4 Å². The highest BCUT2D eigenvalue weighted by molar-refractivity contribution is 5.94. The van der Waals surface area contributed by atoms with Crippen LogP contribution in [0.15, 0.2) is 36.8 Å². The average Bonchev–Trinajstić information content (AvgIpc) is 2.71. The minimum absolute atomic E-state index is 0.0301. The lowest BCUT2D eigenvalue weighted by Gasteiger charge is -2.30. The molecule has 1 fully saturated rings. The van der Waals surface area contributed by atoms with Crippen LogP contribution in [0, 0.1) is 13.8 Å². The summed E-state index contributed by atoms with van der Waals surface area (Å²) in [6.45, 7) is 7.36. The molecule has 1 aromatic heterocycles. The van der Waals surface area contributed by atoms with Crippen molar-refractivity contribution in [3.05, 3.63) is 59.2 Å². The van der Waals surface area contributed by atoms with Crippen molar-refractivity contribution < 1.29 is 9.59 Å². The minimum Gasteiger partial charge on any atom is -0.339 e. The highest BCUT2D eigenvalue weighted by Crippen LogP contribution is 2.14. The fraction of sp³-hybridized carbons (Fsp3) is 0.400. The SMILES string of the molecule is Cc1ccc(CN(CC(=O)N2CCNCC2)C(=O)c2cnccn2)cc1C. The third-order valence-corrected chi connectivity index (χ3v) is 4.81. The summed E-state index contributed by atoms with van der Waals surface area (Å²) in [7, 11) is 0. The Morgan fingerprint density at radius 2 is 1.93 bits per heavy atom. The van der Waals surface area contributed by atoms with E-state index in [1.807, 2.05) is 19.1 Å². The van der Waals surface area contributed by atoms with Crippen LogP contribution in [0.5, 0.6) is 0 Å². The summed E-state index contributed by atoms with van der Waals surface area (Å²) in [5, 5.41) is 3.23. The van der Waals surface area contributed by atoms with Crippen molar-refractivity contribution in [3.63, 3.8) is 0 Å². The Kier molecular flexibility index (Phi) is 6.13. The normalized spacial score (nSPS) is 14.1. The van der Waals surface area contributed by atoms with E-state index in [0.29, 0.717) is 19.6 Å². The van der Waals surface area contributed by atoms with Crippen molar-refractivity contribution in [1.82, 2.24) is 25.1 Å². The van der Waals surface area contributed by atoms with Crippen LogP contribution in [0.4, 0.5) is 0 Å². The van der Waals surface area contributed by atoms with Gasteiger partial charge in [0.2, 0.25) is 5.91 Å². The van der Waals surface area contributed by atoms with E-state index >= 15 is 0 Å². The molecule has 7 heteroatoms. The molecule has 1 saturated heterocycles. The van der Waals surface area contributed by atoms with Gasteiger partial charge in [0.25, 0.3) is 5.91 Å². The second-order valence-electron chi connectivity index (χ2n) is 6.80. The van der Waals surface area contributed by atoms with E-state index in [2.05, 4.69) is 28.3 Å². The molecule has 0 saturated carbocycles. The van der Waals surface area contributed by atoms with Gasteiger partial charge in [0, 0.05) is 45.1 Å². The summed E-state index contributed by atoms with van der Waals surface area (Å²) >= 11 is 0. The van der Waals surface area contributed by atoms with Crippen molar-refractivity contribution in [1.29, 1.82) is 0 Å². The smallest absolute Gasteiger partial charge is 0.274 e. The lowest BCUT2D eigenvalue weighted by atomic mass is 10.1. The topological polar surface area (TPSA) is 78.4 Å². The molecular weight excluding hydrogens is 342 g/mol. The number of amides is 2. The Morgan fingerprint density at radius 1 is 1.15 bits per heavy atom. The summed E-state index contributed by atoms with van der Waals surface area (Å²) in [5.41, 5.74) is 3.59. The molecule has 27 heavy (non-hydrogen) atoms. The molecule has 1 aliphatic heterocycles. The quantitative estimate of drug-likeness (QED) is 0.858. The number of hydrogen-bond donors (Lipinski definition) is 1. The van der Waals surface area contributed by atoms with Gasteiger partial charge in [-0.25, -0.2) is 4.98 Å². The summed E-state index contributed by atoms with van der Waals surface area (Å²) in [6, 6.07) is 6.09. The zero-order valence-electron chi connectivity index (χ0n) is 15.8. The third kappa shape index (κ3) is 4.89. The molecule has 142 valence electrons. The number of aryl methyl sites for hydroxylation is 2. The molecule has 0 unspecified atom stereocenters. The van der Waals surface area contributed by atoms with Crippen molar-refractivity contribution >= 4 is 11.8 Å². The van der Waals surface area contributed by atoms with E-state index in [4.69, 9.17) is 0 Å². The van der Waals surface area contributed by atoms with Crippen molar-refractivity contribution in [3.8, 4) is 0 Å². The fourth-order valence-electron chi connectivity index (χ4n) is 3.07. The van der Waals surface area contributed by atoms with Crippen LogP contribution in [-0.2, 0) is 11.3 Å². The molecule has 0 spiro atoms. The van der Waals surface area contributed by atoms with Gasteiger partial charge in [0.05, 0.1) is 6.20 Å². The number of carbonyl (C=O) groups excluding carboxylic acids is 2. The lowest BCUT2D eigenvalue weighted by molar-refractivity contribution is -0.132. The highest BCUT2D eigenvalue weighted by atomic mass is 16.2. The number of aromatic nitrogens is 2. The Morgan fingerprint density at radius 3 is 2.59 bits per heavy atom. The predicted molar refractivity (Wildman–Crippen MR) is 102 cm³/mol. The molecule has 1 N–H and O–H groups in total. The van der Waals surface area contributed by atoms with E-state index in [1.165, 1.54) is 24.2 Å².